The highest BCUT2D eigenvalue weighted by Crippen LogP contribution is 2.23. The number of benzene rings is 3. The minimum atomic E-state index is -0.290. The standard InChI is InChI=1S/C26H21FN2O3/c27-22-8-4-7-20(15-22)18-31-23-10-12-24(13-11-23)32-25-14-9-21(17-28-25)26(30)29-16-19-5-2-1-3-6-19/h1-15,17H,16,18H2,(H,29,30). The van der Waals surface area contributed by atoms with Crippen LogP contribution in [0.15, 0.2) is 97.2 Å². The Kier molecular flexibility index (Phi) is 6.72. The lowest BCUT2D eigenvalue weighted by Crippen LogP contribution is -2.22. The van der Waals surface area contributed by atoms with Crippen LogP contribution in [0.25, 0.3) is 0 Å². The SMILES string of the molecule is O=C(NCc1ccccc1)c1ccc(Oc2ccc(OCc3cccc(F)c3)cc2)nc1. The molecular formula is C26H21FN2O3. The third-order valence-corrected chi connectivity index (χ3v) is 4.64. The monoisotopic (exact) mass is 428 g/mol. The van der Waals surface area contributed by atoms with E-state index >= 15 is 0 Å². The lowest BCUT2D eigenvalue weighted by Gasteiger charge is -2.09. The van der Waals surface area contributed by atoms with E-state index in [-0.39, 0.29) is 18.3 Å². The Morgan fingerprint density at radius 1 is 0.844 bits per heavy atom. The van der Waals surface area contributed by atoms with Crippen LogP contribution in [0.1, 0.15) is 21.5 Å². The number of carbonyl (C=O) groups is 1. The van der Waals surface area contributed by atoms with Crippen LogP contribution in [0, 0.1) is 5.82 Å². The zero-order chi connectivity index (χ0) is 22.2. The molecule has 0 aliphatic rings. The Bertz CT molecular complexity index is 1160. The second-order valence-corrected chi connectivity index (χ2v) is 7.05. The molecule has 0 aliphatic carbocycles. The van der Waals surface area contributed by atoms with Gasteiger partial charge in [0.15, 0.2) is 0 Å². The van der Waals surface area contributed by atoms with E-state index in [0.717, 1.165) is 11.1 Å². The van der Waals surface area contributed by atoms with Gasteiger partial charge < -0.3 is 14.8 Å². The van der Waals surface area contributed by atoms with E-state index in [1.807, 2.05) is 30.3 Å². The largest absolute Gasteiger partial charge is 0.489 e. The Morgan fingerprint density at radius 3 is 2.31 bits per heavy atom. The van der Waals surface area contributed by atoms with Gasteiger partial charge in [0.1, 0.15) is 23.9 Å². The Morgan fingerprint density at radius 2 is 1.59 bits per heavy atom. The van der Waals surface area contributed by atoms with E-state index in [1.165, 1.54) is 18.3 Å². The molecule has 4 rings (SSSR count). The van der Waals surface area contributed by atoms with Crippen molar-refractivity contribution in [3.05, 3.63) is 120 Å². The fraction of sp³-hybridized carbons (Fsp3) is 0.0769. The lowest BCUT2D eigenvalue weighted by atomic mass is 10.2. The molecule has 0 radical (unpaired) electrons. The first-order valence-electron chi connectivity index (χ1n) is 10.1. The van der Waals surface area contributed by atoms with E-state index in [4.69, 9.17) is 9.47 Å². The summed E-state index contributed by atoms with van der Waals surface area (Å²) in [6, 6.07) is 26.3. The van der Waals surface area contributed by atoms with Crippen LogP contribution in [-0.2, 0) is 13.2 Å². The Hall–Kier alpha value is -4.19. The second-order valence-electron chi connectivity index (χ2n) is 7.05. The summed E-state index contributed by atoms with van der Waals surface area (Å²) in [4.78, 5) is 16.5. The minimum absolute atomic E-state index is 0.201. The van der Waals surface area contributed by atoms with Crippen LogP contribution >= 0.6 is 0 Å². The number of hydrogen-bond acceptors (Lipinski definition) is 4. The maximum atomic E-state index is 13.2. The summed E-state index contributed by atoms with van der Waals surface area (Å²) < 4.78 is 24.6. The van der Waals surface area contributed by atoms with Crippen molar-refractivity contribution in [1.29, 1.82) is 0 Å². The molecule has 1 heterocycles. The highest BCUT2D eigenvalue weighted by atomic mass is 19.1. The molecule has 1 N–H and O–H groups in total. The Labute approximate surface area is 185 Å². The number of pyridine rings is 1. The molecule has 0 aliphatic heterocycles. The summed E-state index contributed by atoms with van der Waals surface area (Å²) >= 11 is 0. The van der Waals surface area contributed by atoms with Gasteiger partial charge >= 0.3 is 0 Å². The van der Waals surface area contributed by atoms with Crippen molar-refractivity contribution in [2.75, 3.05) is 0 Å². The highest BCUT2D eigenvalue weighted by Gasteiger charge is 2.07. The van der Waals surface area contributed by atoms with Gasteiger partial charge in [-0.2, -0.15) is 0 Å². The zero-order valence-corrected chi connectivity index (χ0v) is 17.2. The normalized spacial score (nSPS) is 10.4. The van der Waals surface area contributed by atoms with Crippen molar-refractivity contribution in [3.63, 3.8) is 0 Å². The topological polar surface area (TPSA) is 60.5 Å². The molecule has 0 bridgehead atoms. The van der Waals surface area contributed by atoms with Gasteiger partial charge in [0.25, 0.3) is 5.91 Å². The minimum Gasteiger partial charge on any atom is -0.489 e. The van der Waals surface area contributed by atoms with Crippen LogP contribution in [0.5, 0.6) is 17.4 Å². The van der Waals surface area contributed by atoms with Crippen molar-refractivity contribution in [2.24, 2.45) is 0 Å². The Balaban J connectivity index is 1.28. The van der Waals surface area contributed by atoms with Gasteiger partial charge in [-0.25, -0.2) is 9.37 Å². The maximum absolute atomic E-state index is 13.2. The quantitative estimate of drug-likeness (QED) is 0.401. The molecule has 6 heteroatoms. The average molecular weight is 428 g/mol. The number of amides is 1. The number of nitrogens with zero attached hydrogens (tertiary/aromatic N) is 1. The van der Waals surface area contributed by atoms with Gasteiger partial charge in [-0.15, -0.1) is 0 Å². The van der Waals surface area contributed by atoms with E-state index in [2.05, 4.69) is 10.3 Å². The van der Waals surface area contributed by atoms with Crippen LogP contribution < -0.4 is 14.8 Å². The molecular weight excluding hydrogens is 407 g/mol. The van der Waals surface area contributed by atoms with Gasteiger partial charge in [0, 0.05) is 18.8 Å². The first-order valence-corrected chi connectivity index (χ1v) is 10.1. The summed E-state index contributed by atoms with van der Waals surface area (Å²) in [5.41, 5.74) is 2.23. The molecule has 5 nitrogen and oxygen atoms in total. The zero-order valence-electron chi connectivity index (χ0n) is 17.2. The van der Waals surface area contributed by atoms with Crippen LogP contribution in [0.3, 0.4) is 0 Å². The molecule has 4 aromatic rings. The predicted octanol–water partition coefficient (Wildman–Crippen LogP) is 5.52. The number of rotatable bonds is 8. The predicted molar refractivity (Wildman–Crippen MR) is 119 cm³/mol. The molecule has 0 unspecified atom stereocenters. The average Bonchev–Trinajstić information content (AvgIpc) is 2.83. The number of carbonyl (C=O) groups excluding carboxylic acids is 1. The van der Waals surface area contributed by atoms with Gasteiger partial charge in [-0.1, -0.05) is 42.5 Å². The van der Waals surface area contributed by atoms with Crippen molar-refractivity contribution in [3.8, 4) is 17.4 Å². The van der Waals surface area contributed by atoms with Gasteiger partial charge in [-0.3, -0.25) is 4.79 Å². The van der Waals surface area contributed by atoms with Crippen molar-refractivity contribution in [1.82, 2.24) is 10.3 Å². The fourth-order valence-electron chi connectivity index (χ4n) is 2.97. The van der Waals surface area contributed by atoms with Crippen LogP contribution in [0.4, 0.5) is 4.39 Å². The van der Waals surface area contributed by atoms with Crippen molar-refractivity contribution >= 4 is 5.91 Å². The maximum Gasteiger partial charge on any atom is 0.253 e. The number of nitrogens with one attached hydrogen (secondary N) is 1. The molecule has 0 spiro atoms. The number of hydrogen-bond donors (Lipinski definition) is 1. The molecule has 0 saturated carbocycles. The first kappa shape index (κ1) is 21.1. The molecule has 32 heavy (non-hydrogen) atoms. The van der Waals surface area contributed by atoms with Crippen LogP contribution in [0.2, 0.25) is 0 Å². The summed E-state index contributed by atoms with van der Waals surface area (Å²) in [5.74, 6) is 1.10. The van der Waals surface area contributed by atoms with Gasteiger partial charge in [0.2, 0.25) is 5.88 Å². The molecule has 0 saturated heterocycles. The van der Waals surface area contributed by atoms with E-state index in [9.17, 15) is 9.18 Å². The van der Waals surface area contributed by atoms with E-state index in [0.29, 0.717) is 29.5 Å². The molecule has 1 aromatic heterocycles. The summed E-state index contributed by atoms with van der Waals surface area (Å²) in [7, 11) is 0. The summed E-state index contributed by atoms with van der Waals surface area (Å²) in [6.07, 6.45) is 1.48. The molecule has 160 valence electrons. The van der Waals surface area contributed by atoms with Crippen molar-refractivity contribution < 1.29 is 18.7 Å². The smallest absolute Gasteiger partial charge is 0.253 e. The van der Waals surface area contributed by atoms with Gasteiger partial charge in [-0.05, 0) is 53.6 Å². The molecule has 3 aromatic carbocycles. The lowest BCUT2D eigenvalue weighted by molar-refractivity contribution is 0.0950. The number of ether oxygens (including phenoxy) is 2. The number of aromatic nitrogens is 1. The highest BCUT2D eigenvalue weighted by molar-refractivity contribution is 5.93. The first-order chi connectivity index (χ1) is 15.7. The molecule has 1 amide bonds. The van der Waals surface area contributed by atoms with Gasteiger partial charge in [0.05, 0.1) is 5.56 Å². The third-order valence-electron chi connectivity index (χ3n) is 4.64. The second kappa shape index (κ2) is 10.2. The van der Waals surface area contributed by atoms with Crippen LogP contribution in [-0.4, -0.2) is 10.9 Å². The summed E-state index contributed by atoms with van der Waals surface area (Å²) in [5, 5.41) is 2.86. The number of halogens is 1. The molecule has 0 atom stereocenters. The third kappa shape index (κ3) is 5.92. The van der Waals surface area contributed by atoms with E-state index < -0.39 is 0 Å². The molecule has 0 fully saturated rings. The van der Waals surface area contributed by atoms with Crippen molar-refractivity contribution in [2.45, 2.75) is 13.2 Å². The van der Waals surface area contributed by atoms with E-state index in [1.54, 1.807) is 48.5 Å². The fourth-order valence-corrected chi connectivity index (χ4v) is 2.97. The summed E-state index contributed by atoms with van der Waals surface area (Å²) in [6.45, 7) is 0.721.